The summed E-state index contributed by atoms with van der Waals surface area (Å²) < 4.78 is 1.76. The van der Waals surface area contributed by atoms with Crippen LogP contribution in [0.5, 0.6) is 5.75 Å². The monoisotopic (exact) mass is 302 g/mol. The van der Waals surface area contributed by atoms with E-state index in [-0.39, 0.29) is 5.75 Å². The minimum Gasteiger partial charge on any atom is -0.508 e. The van der Waals surface area contributed by atoms with Gasteiger partial charge in [-0.15, -0.1) is 0 Å². The van der Waals surface area contributed by atoms with Crippen LogP contribution in [0, 0.1) is 0 Å². The Kier molecular flexibility index (Phi) is 3.16. The smallest absolute Gasteiger partial charge is 0.157 e. The maximum absolute atomic E-state index is 9.44. The molecule has 5 heteroatoms. The molecule has 112 valence electrons. The second-order valence-electron chi connectivity index (χ2n) is 5.17. The summed E-state index contributed by atoms with van der Waals surface area (Å²) in [5, 5.41) is 17.1. The third-order valence-electron chi connectivity index (χ3n) is 3.57. The molecular formula is C18H14N4O. The minimum absolute atomic E-state index is 0.238. The number of para-hydroxylation sites is 1. The Morgan fingerprint density at radius 1 is 0.913 bits per heavy atom. The molecule has 5 nitrogen and oxygen atoms in total. The van der Waals surface area contributed by atoms with Gasteiger partial charge < -0.3 is 10.4 Å². The van der Waals surface area contributed by atoms with E-state index in [2.05, 4.69) is 15.4 Å². The zero-order chi connectivity index (χ0) is 15.6. The number of phenolic OH excluding ortho intramolecular Hbond substituents is 1. The summed E-state index contributed by atoms with van der Waals surface area (Å²) >= 11 is 0. The molecule has 4 aromatic rings. The number of anilines is 2. The van der Waals surface area contributed by atoms with E-state index in [4.69, 9.17) is 0 Å². The van der Waals surface area contributed by atoms with Crippen LogP contribution in [0.4, 0.5) is 11.5 Å². The van der Waals surface area contributed by atoms with Crippen molar-refractivity contribution in [2.45, 2.75) is 0 Å². The molecular weight excluding hydrogens is 288 g/mol. The molecule has 0 unspecified atom stereocenters. The lowest BCUT2D eigenvalue weighted by Crippen LogP contribution is -2.02. The lowest BCUT2D eigenvalue weighted by molar-refractivity contribution is 0.475. The highest BCUT2D eigenvalue weighted by molar-refractivity contribution is 5.69. The Balaban J connectivity index is 1.82. The molecule has 4 rings (SSSR count). The topological polar surface area (TPSA) is 62.5 Å². The Morgan fingerprint density at radius 2 is 1.70 bits per heavy atom. The zero-order valence-corrected chi connectivity index (χ0v) is 12.2. The second kappa shape index (κ2) is 5.46. The van der Waals surface area contributed by atoms with Crippen LogP contribution in [0.3, 0.4) is 0 Å². The van der Waals surface area contributed by atoms with Crippen molar-refractivity contribution >= 4 is 17.2 Å². The Labute approximate surface area is 132 Å². The number of hydrogen-bond donors (Lipinski definition) is 2. The highest BCUT2D eigenvalue weighted by Crippen LogP contribution is 2.25. The van der Waals surface area contributed by atoms with Crippen molar-refractivity contribution in [3.8, 4) is 17.0 Å². The van der Waals surface area contributed by atoms with E-state index in [0.29, 0.717) is 0 Å². The Hall–Kier alpha value is -3.34. The van der Waals surface area contributed by atoms with Crippen molar-refractivity contribution in [3.63, 3.8) is 0 Å². The van der Waals surface area contributed by atoms with Crippen LogP contribution in [0.1, 0.15) is 0 Å². The van der Waals surface area contributed by atoms with Crippen molar-refractivity contribution < 1.29 is 5.11 Å². The lowest BCUT2D eigenvalue weighted by Gasteiger charge is -2.10. The largest absolute Gasteiger partial charge is 0.508 e. The molecule has 0 aliphatic carbocycles. The van der Waals surface area contributed by atoms with Gasteiger partial charge in [0.15, 0.2) is 5.65 Å². The van der Waals surface area contributed by atoms with Gasteiger partial charge in [-0.1, -0.05) is 18.2 Å². The van der Waals surface area contributed by atoms with Gasteiger partial charge >= 0.3 is 0 Å². The summed E-state index contributed by atoms with van der Waals surface area (Å²) in [7, 11) is 0. The summed E-state index contributed by atoms with van der Waals surface area (Å²) in [6.07, 6.45) is 1.72. The number of aromatic hydroxyl groups is 1. The van der Waals surface area contributed by atoms with E-state index in [1.807, 2.05) is 54.6 Å². The molecule has 2 N–H and O–H groups in total. The number of phenols is 1. The number of nitrogens with one attached hydrogen (secondary N) is 1. The van der Waals surface area contributed by atoms with Gasteiger partial charge in [0.25, 0.3) is 0 Å². The molecule has 0 saturated carbocycles. The Bertz CT molecular complexity index is 946. The van der Waals surface area contributed by atoms with E-state index in [1.165, 1.54) is 0 Å². The van der Waals surface area contributed by atoms with Crippen molar-refractivity contribution in [3.05, 3.63) is 72.9 Å². The van der Waals surface area contributed by atoms with Crippen molar-refractivity contribution in [2.75, 3.05) is 5.32 Å². The predicted octanol–water partition coefficient (Wildman–Crippen LogP) is 3.85. The molecule has 0 spiro atoms. The van der Waals surface area contributed by atoms with Crippen LogP contribution >= 0.6 is 0 Å². The molecule has 23 heavy (non-hydrogen) atoms. The molecule has 2 aromatic carbocycles. The van der Waals surface area contributed by atoms with Gasteiger partial charge in [0.1, 0.15) is 11.6 Å². The summed E-state index contributed by atoms with van der Waals surface area (Å²) in [6, 6.07) is 20.7. The highest BCUT2D eigenvalue weighted by atomic mass is 16.3. The van der Waals surface area contributed by atoms with E-state index in [0.717, 1.165) is 28.4 Å². The van der Waals surface area contributed by atoms with Crippen LogP contribution in [0.25, 0.3) is 16.9 Å². The minimum atomic E-state index is 0.238. The van der Waals surface area contributed by atoms with Crippen molar-refractivity contribution in [2.24, 2.45) is 0 Å². The molecule has 0 atom stereocenters. The van der Waals surface area contributed by atoms with Gasteiger partial charge in [-0.05, 0) is 36.4 Å². The van der Waals surface area contributed by atoms with Crippen LogP contribution < -0.4 is 5.32 Å². The average Bonchev–Trinajstić information content (AvgIpc) is 3.05. The van der Waals surface area contributed by atoms with Gasteiger partial charge in [0.05, 0.1) is 11.9 Å². The lowest BCUT2D eigenvalue weighted by atomic mass is 10.1. The van der Waals surface area contributed by atoms with E-state index in [9.17, 15) is 5.11 Å². The van der Waals surface area contributed by atoms with Crippen LogP contribution in [-0.4, -0.2) is 19.7 Å². The number of fused-ring (bicyclic) bond motifs is 1. The predicted molar refractivity (Wildman–Crippen MR) is 89.8 cm³/mol. The second-order valence-corrected chi connectivity index (χ2v) is 5.17. The number of benzene rings is 2. The number of aromatic nitrogens is 3. The van der Waals surface area contributed by atoms with Crippen LogP contribution in [0.15, 0.2) is 72.9 Å². The zero-order valence-electron chi connectivity index (χ0n) is 12.2. The average molecular weight is 302 g/mol. The quantitative estimate of drug-likeness (QED) is 0.603. The third kappa shape index (κ3) is 2.60. The first-order chi connectivity index (χ1) is 11.3. The summed E-state index contributed by atoms with van der Waals surface area (Å²) in [5.74, 6) is 1.07. The third-order valence-corrected chi connectivity index (χ3v) is 3.57. The normalized spacial score (nSPS) is 10.8. The first-order valence-electron chi connectivity index (χ1n) is 7.26. The summed E-state index contributed by atoms with van der Waals surface area (Å²) in [5.41, 5.74) is 3.49. The van der Waals surface area contributed by atoms with Gasteiger partial charge in [-0.2, -0.15) is 9.61 Å². The molecule has 2 aromatic heterocycles. The SMILES string of the molecule is Oc1ccc(-c2cc(Nc3ccccc3)n3nccc3n2)cc1. The first kappa shape index (κ1) is 13.3. The standard InChI is InChI=1S/C18H14N4O/c23-15-8-6-13(7-9-15)16-12-18(20-14-4-2-1-3-5-14)22-17(21-16)10-11-19-22/h1-12,20,23H. The first-order valence-corrected chi connectivity index (χ1v) is 7.26. The van der Waals surface area contributed by atoms with Gasteiger partial charge in [-0.3, -0.25) is 0 Å². The fourth-order valence-corrected chi connectivity index (χ4v) is 2.45. The van der Waals surface area contributed by atoms with Gasteiger partial charge in [-0.25, -0.2) is 4.98 Å². The van der Waals surface area contributed by atoms with Gasteiger partial charge in [0, 0.05) is 23.4 Å². The molecule has 0 fully saturated rings. The van der Waals surface area contributed by atoms with E-state index < -0.39 is 0 Å². The van der Waals surface area contributed by atoms with E-state index >= 15 is 0 Å². The molecule has 2 heterocycles. The molecule has 0 aliphatic heterocycles. The van der Waals surface area contributed by atoms with Crippen molar-refractivity contribution in [1.29, 1.82) is 0 Å². The molecule has 0 saturated heterocycles. The summed E-state index contributed by atoms with van der Waals surface area (Å²) in [4.78, 5) is 4.62. The fraction of sp³-hybridized carbons (Fsp3) is 0. The Morgan fingerprint density at radius 3 is 2.48 bits per heavy atom. The summed E-state index contributed by atoms with van der Waals surface area (Å²) in [6.45, 7) is 0. The fourth-order valence-electron chi connectivity index (χ4n) is 2.45. The van der Waals surface area contributed by atoms with E-state index in [1.54, 1.807) is 22.8 Å². The highest BCUT2D eigenvalue weighted by Gasteiger charge is 2.08. The van der Waals surface area contributed by atoms with Crippen LogP contribution in [0.2, 0.25) is 0 Å². The number of rotatable bonds is 3. The van der Waals surface area contributed by atoms with Crippen LogP contribution in [-0.2, 0) is 0 Å². The van der Waals surface area contributed by atoms with Crippen molar-refractivity contribution in [1.82, 2.24) is 14.6 Å². The maximum Gasteiger partial charge on any atom is 0.157 e. The molecule has 0 amide bonds. The molecule has 0 bridgehead atoms. The number of nitrogens with zero attached hydrogens (tertiary/aromatic N) is 3. The van der Waals surface area contributed by atoms with Gasteiger partial charge in [0.2, 0.25) is 0 Å². The molecule has 0 radical (unpaired) electrons. The number of hydrogen-bond acceptors (Lipinski definition) is 4. The molecule has 0 aliphatic rings. The maximum atomic E-state index is 9.44.